The Kier molecular flexibility index (Phi) is 11.8. The molecule has 0 heterocycles. The standard InChI is InChI=1S/C15H25NO2.ClH/c1-3-4-10-18-11-6-9-16-13-14-7-5-8-15(12-14)17-2;/h5,7-8,12,16H,3-4,6,9-11,13H2,1-2H3;1H. The summed E-state index contributed by atoms with van der Waals surface area (Å²) in [6, 6.07) is 8.15. The van der Waals surface area contributed by atoms with E-state index < -0.39 is 0 Å². The molecular weight excluding hydrogens is 262 g/mol. The molecule has 1 N–H and O–H groups in total. The number of hydrogen-bond donors (Lipinski definition) is 1. The minimum atomic E-state index is 0. The summed E-state index contributed by atoms with van der Waals surface area (Å²) in [6.07, 6.45) is 3.43. The van der Waals surface area contributed by atoms with Crippen LogP contribution in [0.4, 0.5) is 0 Å². The summed E-state index contributed by atoms with van der Waals surface area (Å²) < 4.78 is 10.7. The lowest BCUT2D eigenvalue weighted by molar-refractivity contribution is 0.129. The van der Waals surface area contributed by atoms with E-state index >= 15 is 0 Å². The van der Waals surface area contributed by atoms with Crippen molar-refractivity contribution in [1.29, 1.82) is 0 Å². The summed E-state index contributed by atoms with van der Waals surface area (Å²) in [7, 11) is 1.69. The zero-order valence-electron chi connectivity index (χ0n) is 12.0. The molecular formula is C15H26ClNO2. The number of methoxy groups -OCH3 is 1. The number of unbranched alkanes of at least 4 members (excludes halogenated alkanes) is 1. The van der Waals surface area contributed by atoms with E-state index in [0.717, 1.165) is 44.9 Å². The molecule has 0 amide bonds. The minimum Gasteiger partial charge on any atom is -0.497 e. The lowest BCUT2D eigenvalue weighted by Gasteiger charge is -2.07. The van der Waals surface area contributed by atoms with Gasteiger partial charge in [-0.3, -0.25) is 0 Å². The van der Waals surface area contributed by atoms with E-state index in [9.17, 15) is 0 Å². The average molecular weight is 288 g/mol. The first kappa shape index (κ1) is 18.2. The fraction of sp³-hybridized carbons (Fsp3) is 0.600. The molecule has 0 saturated carbocycles. The molecule has 1 rings (SSSR count). The van der Waals surface area contributed by atoms with E-state index in [-0.39, 0.29) is 12.4 Å². The fourth-order valence-corrected chi connectivity index (χ4v) is 1.66. The third-order valence-electron chi connectivity index (χ3n) is 2.75. The van der Waals surface area contributed by atoms with Crippen molar-refractivity contribution >= 4 is 12.4 Å². The Bertz CT molecular complexity index is 321. The molecule has 0 aliphatic rings. The zero-order chi connectivity index (χ0) is 13.1. The van der Waals surface area contributed by atoms with Crippen LogP contribution in [0.3, 0.4) is 0 Å². The Labute approximate surface area is 123 Å². The molecule has 0 unspecified atom stereocenters. The van der Waals surface area contributed by atoms with Crippen LogP contribution in [0.25, 0.3) is 0 Å². The third kappa shape index (κ3) is 8.87. The molecule has 110 valence electrons. The van der Waals surface area contributed by atoms with Gasteiger partial charge in [-0.25, -0.2) is 0 Å². The zero-order valence-corrected chi connectivity index (χ0v) is 12.8. The number of benzene rings is 1. The van der Waals surface area contributed by atoms with Crippen LogP contribution in [0.15, 0.2) is 24.3 Å². The highest BCUT2D eigenvalue weighted by atomic mass is 35.5. The Morgan fingerprint density at radius 1 is 1.16 bits per heavy atom. The molecule has 0 radical (unpaired) electrons. The topological polar surface area (TPSA) is 30.5 Å². The first-order valence-electron chi connectivity index (χ1n) is 6.78. The van der Waals surface area contributed by atoms with Gasteiger partial charge in [0.1, 0.15) is 5.75 Å². The SMILES string of the molecule is CCCCOCCCNCc1cccc(OC)c1.Cl. The highest BCUT2D eigenvalue weighted by molar-refractivity contribution is 5.85. The highest BCUT2D eigenvalue weighted by Crippen LogP contribution is 2.11. The van der Waals surface area contributed by atoms with Gasteiger partial charge in [-0.1, -0.05) is 25.5 Å². The average Bonchev–Trinajstić information content (AvgIpc) is 2.42. The van der Waals surface area contributed by atoms with E-state index in [4.69, 9.17) is 9.47 Å². The molecule has 0 atom stereocenters. The largest absolute Gasteiger partial charge is 0.497 e. The summed E-state index contributed by atoms with van der Waals surface area (Å²) in [5.41, 5.74) is 1.25. The molecule has 1 aromatic rings. The van der Waals surface area contributed by atoms with Gasteiger partial charge in [0.25, 0.3) is 0 Å². The minimum absolute atomic E-state index is 0. The van der Waals surface area contributed by atoms with Crippen LogP contribution < -0.4 is 10.1 Å². The first-order valence-corrected chi connectivity index (χ1v) is 6.78. The quantitative estimate of drug-likeness (QED) is 0.669. The van der Waals surface area contributed by atoms with Crippen molar-refractivity contribution in [3.63, 3.8) is 0 Å². The Hall–Kier alpha value is -0.770. The summed E-state index contributed by atoms with van der Waals surface area (Å²) in [5, 5.41) is 3.41. The van der Waals surface area contributed by atoms with Crippen LogP contribution in [-0.2, 0) is 11.3 Å². The lowest BCUT2D eigenvalue weighted by Crippen LogP contribution is -2.16. The predicted molar refractivity (Wildman–Crippen MR) is 82.3 cm³/mol. The van der Waals surface area contributed by atoms with Gasteiger partial charge in [0.15, 0.2) is 0 Å². The van der Waals surface area contributed by atoms with E-state index in [1.165, 1.54) is 12.0 Å². The van der Waals surface area contributed by atoms with Crippen molar-refractivity contribution in [2.24, 2.45) is 0 Å². The van der Waals surface area contributed by atoms with Crippen LogP contribution in [0.5, 0.6) is 5.75 Å². The normalized spacial score (nSPS) is 10.0. The van der Waals surface area contributed by atoms with Crippen LogP contribution >= 0.6 is 12.4 Å². The van der Waals surface area contributed by atoms with Gasteiger partial charge in [-0.15, -0.1) is 12.4 Å². The van der Waals surface area contributed by atoms with Crippen LogP contribution in [0.2, 0.25) is 0 Å². The van der Waals surface area contributed by atoms with Crippen molar-refractivity contribution in [1.82, 2.24) is 5.32 Å². The van der Waals surface area contributed by atoms with Crippen LogP contribution in [0, 0.1) is 0 Å². The number of halogens is 1. The molecule has 4 heteroatoms. The van der Waals surface area contributed by atoms with Crippen molar-refractivity contribution in [2.45, 2.75) is 32.7 Å². The predicted octanol–water partition coefficient (Wildman–Crippen LogP) is 3.41. The molecule has 0 saturated heterocycles. The molecule has 1 aromatic carbocycles. The summed E-state index contributed by atoms with van der Waals surface area (Å²) in [5.74, 6) is 0.914. The maximum absolute atomic E-state index is 5.50. The smallest absolute Gasteiger partial charge is 0.119 e. The van der Waals surface area contributed by atoms with Crippen molar-refractivity contribution in [3.05, 3.63) is 29.8 Å². The van der Waals surface area contributed by atoms with Gasteiger partial charge in [-0.05, 0) is 37.1 Å². The number of nitrogens with one attached hydrogen (secondary N) is 1. The number of hydrogen-bond acceptors (Lipinski definition) is 3. The van der Waals surface area contributed by atoms with Gasteiger partial charge in [0.05, 0.1) is 7.11 Å². The second-order valence-corrected chi connectivity index (χ2v) is 4.35. The first-order chi connectivity index (χ1) is 8.86. The van der Waals surface area contributed by atoms with Gasteiger partial charge >= 0.3 is 0 Å². The molecule has 0 aromatic heterocycles. The van der Waals surface area contributed by atoms with Gasteiger partial charge in [0.2, 0.25) is 0 Å². The van der Waals surface area contributed by atoms with Crippen LogP contribution in [-0.4, -0.2) is 26.9 Å². The van der Waals surface area contributed by atoms with Crippen molar-refractivity contribution in [2.75, 3.05) is 26.9 Å². The molecule has 0 bridgehead atoms. The van der Waals surface area contributed by atoms with Crippen LogP contribution in [0.1, 0.15) is 31.7 Å². The highest BCUT2D eigenvalue weighted by Gasteiger charge is 1.95. The maximum Gasteiger partial charge on any atom is 0.119 e. The molecule has 19 heavy (non-hydrogen) atoms. The molecule has 0 aliphatic carbocycles. The van der Waals surface area contributed by atoms with Gasteiger partial charge in [0, 0.05) is 19.8 Å². The second kappa shape index (κ2) is 12.3. The maximum atomic E-state index is 5.50. The number of rotatable bonds is 10. The Balaban J connectivity index is 0.00000324. The summed E-state index contributed by atoms with van der Waals surface area (Å²) in [6.45, 7) is 5.80. The van der Waals surface area contributed by atoms with Crippen molar-refractivity contribution in [3.8, 4) is 5.75 Å². The summed E-state index contributed by atoms with van der Waals surface area (Å²) in [4.78, 5) is 0. The second-order valence-electron chi connectivity index (χ2n) is 4.35. The molecule has 0 fully saturated rings. The van der Waals surface area contributed by atoms with Gasteiger partial charge in [-0.2, -0.15) is 0 Å². The van der Waals surface area contributed by atoms with E-state index in [0.29, 0.717) is 0 Å². The van der Waals surface area contributed by atoms with E-state index in [1.807, 2.05) is 12.1 Å². The fourth-order valence-electron chi connectivity index (χ4n) is 1.66. The number of ether oxygens (including phenoxy) is 2. The Morgan fingerprint density at radius 3 is 2.68 bits per heavy atom. The lowest BCUT2D eigenvalue weighted by atomic mass is 10.2. The van der Waals surface area contributed by atoms with E-state index in [1.54, 1.807) is 7.11 Å². The summed E-state index contributed by atoms with van der Waals surface area (Å²) >= 11 is 0. The Morgan fingerprint density at radius 2 is 1.95 bits per heavy atom. The van der Waals surface area contributed by atoms with Gasteiger partial charge < -0.3 is 14.8 Å². The molecule has 0 spiro atoms. The monoisotopic (exact) mass is 287 g/mol. The van der Waals surface area contributed by atoms with Crippen molar-refractivity contribution < 1.29 is 9.47 Å². The van der Waals surface area contributed by atoms with E-state index in [2.05, 4.69) is 24.4 Å². The molecule has 3 nitrogen and oxygen atoms in total. The molecule has 0 aliphatic heterocycles. The third-order valence-corrected chi connectivity index (χ3v) is 2.75.